The molecule has 0 saturated heterocycles. The first-order chi connectivity index (χ1) is 10.5. The Kier molecular flexibility index (Phi) is 6.24. The highest BCUT2D eigenvalue weighted by molar-refractivity contribution is 6.69. The lowest BCUT2D eigenvalue weighted by Crippen LogP contribution is -2.40. The molecule has 6 heteroatoms. The molecular weight excluding hydrogens is 312 g/mol. The summed E-state index contributed by atoms with van der Waals surface area (Å²) in [5, 5.41) is 0. The van der Waals surface area contributed by atoms with Crippen LogP contribution in [0.15, 0.2) is 18.2 Å². The summed E-state index contributed by atoms with van der Waals surface area (Å²) in [6.07, 6.45) is -0.453. The van der Waals surface area contributed by atoms with Crippen LogP contribution >= 0.6 is 0 Å². The molecule has 0 heterocycles. The van der Waals surface area contributed by atoms with E-state index in [2.05, 4.69) is 19.6 Å². The van der Waals surface area contributed by atoms with Crippen LogP contribution in [0.5, 0.6) is 11.5 Å². The number of ether oxygens (including phenoxy) is 3. The van der Waals surface area contributed by atoms with Crippen molar-refractivity contribution >= 4 is 14.3 Å². The molecule has 0 aromatic heterocycles. The van der Waals surface area contributed by atoms with Crippen LogP contribution in [0, 0.1) is 5.41 Å². The van der Waals surface area contributed by atoms with Crippen molar-refractivity contribution in [2.24, 2.45) is 5.41 Å². The van der Waals surface area contributed by atoms with Gasteiger partial charge in [-0.2, -0.15) is 0 Å². The number of methoxy groups -OCH3 is 3. The highest BCUT2D eigenvalue weighted by Crippen LogP contribution is 2.42. The summed E-state index contributed by atoms with van der Waals surface area (Å²) in [5.74, 6) is 0.996. The number of hydrogen-bond donors (Lipinski definition) is 0. The van der Waals surface area contributed by atoms with E-state index in [0.29, 0.717) is 11.5 Å². The second-order valence-corrected chi connectivity index (χ2v) is 11.4. The SMILES string of the molecule is COC(=O)C(C)(C)[C@@H](O[Si](C)(C)C)c1cc(OC)cc(OC)c1. The van der Waals surface area contributed by atoms with Crippen molar-refractivity contribution in [1.82, 2.24) is 0 Å². The fourth-order valence-electron chi connectivity index (χ4n) is 2.34. The molecular formula is C17H28O5Si. The van der Waals surface area contributed by atoms with Crippen molar-refractivity contribution in [2.45, 2.75) is 39.6 Å². The minimum absolute atomic E-state index is 0.317. The number of carbonyl (C=O) groups excluding carboxylic acids is 1. The summed E-state index contributed by atoms with van der Waals surface area (Å²) in [6.45, 7) is 9.92. The van der Waals surface area contributed by atoms with E-state index in [4.69, 9.17) is 18.6 Å². The predicted molar refractivity (Wildman–Crippen MR) is 92.5 cm³/mol. The molecule has 130 valence electrons. The molecule has 0 amide bonds. The van der Waals surface area contributed by atoms with Gasteiger partial charge in [0.1, 0.15) is 11.5 Å². The third-order valence-electron chi connectivity index (χ3n) is 3.51. The average molecular weight is 340 g/mol. The fraction of sp³-hybridized carbons (Fsp3) is 0.588. The Labute approximate surface area is 140 Å². The van der Waals surface area contributed by atoms with Crippen LogP contribution in [0.2, 0.25) is 19.6 Å². The second kappa shape index (κ2) is 7.36. The van der Waals surface area contributed by atoms with Gasteiger partial charge in [0.2, 0.25) is 0 Å². The summed E-state index contributed by atoms with van der Waals surface area (Å²) < 4.78 is 22.0. The summed E-state index contributed by atoms with van der Waals surface area (Å²) in [5.41, 5.74) is -0.00844. The third kappa shape index (κ3) is 4.97. The molecule has 0 aliphatic carbocycles. The van der Waals surface area contributed by atoms with Gasteiger partial charge in [-0.1, -0.05) is 0 Å². The predicted octanol–water partition coefficient (Wildman–Crippen LogP) is 3.80. The smallest absolute Gasteiger partial charge is 0.314 e. The Morgan fingerprint density at radius 2 is 1.48 bits per heavy atom. The third-order valence-corrected chi connectivity index (χ3v) is 4.46. The van der Waals surface area contributed by atoms with E-state index in [1.807, 2.05) is 26.0 Å². The van der Waals surface area contributed by atoms with Crippen LogP contribution in [0.4, 0.5) is 0 Å². The summed E-state index contributed by atoms with van der Waals surface area (Å²) in [7, 11) is 2.67. The molecule has 5 nitrogen and oxygen atoms in total. The Bertz CT molecular complexity index is 526. The molecule has 0 N–H and O–H groups in total. The van der Waals surface area contributed by atoms with Gasteiger partial charge in [0, 0.05) is 6.07 Å². The van der Waals surface area contributed by atoms with Crippen molar-refractivity contribution < 1.29 is 23.4 Å². The molecule has 0 spiro atoms. The monoisotopic (exact) mass is 340 g/mol. The molecule has 0 aliphatic heterocycles. The first-order valence-electron chi connectivity index (χ1n) is 7.54. The molecule has 0 radical (unpaired) electrons. The largest absolute Gasteiger partial charge is 0.497 e. The molecule has 0 saturated carbocycles. The maximum atomic E-state index is 12.3. The summed E-state index contributed by atoms with van der Waals surface area (Å²) in [6, 6.07) is 5.54. The molecule has 23 heavy (non-hydrogen) atoms. The standard InChI is InChI=1S/C17H28O5Si/c1-17(2,16(18)21-5)15(22-23(6,7)8)12-9-13(19-3)11-14(10-12)20-4/h9-11,15H,1-8H3/t15-/m0/s1. The van der Waals surface area contributed by atoms with E-state index >= 15 is 0 Å². The van der Waals surface area contributed by atoms with Crippen LogP contribution in [0.25, 0.3) is 0 Å². The van der Waals surface area contributed by atoms with E-state index < -0.39 is 19.8 Å². The highest BCUT2D eigenvalue weighted by Gasteiger charge is 2.42. The lowest BCUT2D eigenvalue weighted by Gasteiger charge is -2.36. The zero-order chi connectivity index (χ0) is 17.8. The first kappa shape index (κ1) is 19.5. The lowest BCUT2D eigenvalue weighted by molar-refractivity contribution is -0.156. The quantitative estimate of drug-likeness (QED) is 0.558. The Morgan fingerprint density at radius 1 is 1.00 bits per heavy atom. The number of hydrogen-bond acceptors (Lipinski definition) is 5. The Morgan fingerprint density at radius 3 is 1.83 bits per heavy atom. The van der Waals surface area contributed by atoms with Gasteiger partial charge in [0.15, 0.2) is 8.32 Å². The van der Waals surface area contributed by atoms with Crippen LogP contribution in [-0.2, 0) is 14.0 Å². The van der Waals surface area contributed by atoms with E-state index in [1.165, 1.54) is 7.11 Å². The maximum absolute atomic E-state index is 12.3. The number of benzene rings is 1. The van der Waals surface area contributed by atoms with Gasteiger partial charge < -0.3 is 18.6 Å². The molecule has 0 unspecified atom stereocenters. The normalized spacial score (nSPS) is 13.4. The van der Waals surface area contributed by atoms with Gasteiger partial charge in [-0.05, 0) is 51.2 Å². The number of rotatable bonds is 7. The van der Waals surface area contributed by atoms with Gasteiger partial charge in [-0.25, -0.2) is 0 Å². The molecule has 1 atom stereocenters. The molecule has 1 aromatic rings. The van der Waals surface area contributed by atoms with E-state index in [0.717, 1.165) is 5.56 Å². The number of esters is 1. The Hall–Kier alpha value is -1.53. The van der Waals surface area contributed by atoms with Crippen molar-refractivity contribution in [3.8, 4) is 11.5 Å². The Balaban J connectivity index is 3.43. The van der Waals surface area contributed by atoms with Gasteiger partial charge >= 0.3 is 5.97 Å². The van der Waals surface area contributed by atoms with E-state index in [9.17, 15) is 4.79 Å². The molecule has 1 rings (SSSR count). The summed E-state index contributed by atoms with van der Waals surface area (Å²) >= 11 is 0. The van der Waals surface area contributed by atoms with E-state index in [1.54, 1.807) is 20.3 Å². The van der Waals surface area contributed by atoms with Crippen molar-refractivity contribution in [3.05, 3.63) is 23.8 Å². The van der Waals surface area contributed by atoms with Gasteiger partial charge in [0.05, 0.1) is 32.8 Å². The fourth-order valence-corrected chi connectivity index (χ4v) is 3.47. The zero-order valence-electron chi connectivity index (χ0n) is 15.4. The van der Waals surface area contributed by atoms with Crippen LogP contribution in [0.1, 0.15) is 25.5 Å². The minimum Gasteiger partial charge on any atom is -0.497 e. The molecule has 0 bridgehead atoms. The van der Waals surface area contributed by atoms with Gasteiger partial charge in [-0.15, -0.1) is 0 Å². The first-order valence-corrected chi connectivity index (χ1v) is 10.9. The molecule has 1 aromatic carbocycles. The van der Waals surface area contributed by atoms with Gasteiger partial charge in [0.25, 0.3) is 0 Å². The molecule has 0 aliphatic rings. The van der Waals surface area contributed by atoms with Gasteiger partial charge in [-0.3, -0.25) is 4.79 Å². The molecule has 0 fully saturated rings. The lowest BCUT2D eigenvalue weighted by atomic mass is 9.82. The van der Waals surface area contributed by atoms with E-state index in [-0.39, 0.29) is 5.97 Å². The maximum Gasteiger partial charge on any atom is 0.314 e. The van der Waals surface area contributed by atoms with Crippen LogP contribution in [0.3, 0.4) is 0 Å². The zero-order valence-corrected chi connectivity index (χ0v) is 16.4. The average Bonchev–Trinajstić information content (AvgIpc) is 2.49. The van der Waals surface area contributed by atoms with Crippen LogP contribution < -0.4 is 9.47 Å². The topological polar surface area (TPSA) is 54.0 Å². The van der Waals surface area contributed by atoms with Crippen LogP contribution in [-0.4, -0.2) is 35.6 Å². The van der Waals surface area contributed by atoms with Crippen molar-refractivity contribution in [2.75, 3.05) is 21.3 Å². The van der Waals surface area contributed by atoms with Crippen molar-refractivity contribution in [3.63, 3.8) is 0 Å². The summed E-state index contributed by atoms with van der Waals surface area (Å²) in [4.78, 5) is 12.3. The number of carbonyl (C=O) groups is 1. The minimum atomic E-state index is -1.92. The second-order valence-electron chi connectivity index (χ2n) is 6.97. The van der Waals surface area contributed by atoms with Crippen molar-refractivity contribution in [1.29, 1.82) is 0 Å². The highest BCUT2D eigenvalue weighted by atomic mass is 28.4.